The maximum atomic E-state index is 11.3. The summed E-state index contributed by atoms with van der Waals surface area (Å²) in [6.07, 6.45) is 0.733. The van der Waals surface area contributed by atoms with Crippen molar-refractivity contribution >= 4 is 23.1 Å². The quantitative estimate of drug-likeness (QED) is 0.373. The Hall–Kier alpha value is -1.48. The summed E-state index contributed by atoms with van der Waals surface area (Å²) in [5, 5.41) is 8.99. The molecule has 3 nitrogen and oxygen atoms in total. The van der Waals surface area contributed by atoms with Crippen molar-refractivity contribution in [2.24, 2.45) is 0 Å². The molecule has 0 radical (unpaired) electrons. The number of ether oxygens (including phenoxy) is 1. The number of methoxy groups -OCH3 is 1. The number of aliphatic hydroxyl groups is 1. The van der Waals surface area contributed by atoms with E-state index in [4.69, 9.17) is 16.7 Å². The van der Waals surface area contributed by atoms with Gasteiger partial charge in [0.1, 0.15) is 5.57 Å². The van der Waals surface area contributed by atoms with E-state index in [1.54, 1.807) is 18.2 Å². The molecule has 0 saturated heterocycles. The number of rotatable bonds is 3. The minimum Gasteiger partial charge on any atom is -0.515 e. The van der Waals surface area contributed by atoms with Crippen molar-refractivity contribution < 1.29 is 14.6 Å². The summed E-state index contributed by atoms with van der Waals surface area (Å²) in [7, 11) is 1.26. The molecule has 80 valence electrons. The SMILES string of the molecule is COC(=O)/C(=C/O)c1ccccc1CCl. The van der Waals surface area contributed by atoms with E-state index >= 15 is 0 Å². The van der Waals surface area contributed by atoms with Gasteiger partial charge in [0, 0.05) is 5.88 Å². The first-order valence-electron chi connectivity index (χ1n) is 4.31. The highest BCUT2D eigenvalue weighted by Crippen LogP contribution is 2.21. The molecule has 1 aromatic carbocycles. The number of aliphatic hydroxyl groups excluding tert-OH is 1. The van der Waals surface area contributed by atoms with Gasteiger partial charge in [-0.05, 0) is 11.1 Å². The van der Waals surface area contributed by atoms with E-state index in [2.05, 4.69) is 4.74 Å². The molecule has 0 aliphatic heterocycles. The lowest BCUT2D eigenvalue weighted by atomic mass is 10.0. The summed E-state index contributed by atoms with van der Waals surface area (Å²) in [4.78, 5) is 11.3. The highest BCUT2D eigenvalue weighted by atomic mass is 35.5. The molecule has 0 aromatic heterocycles. The lowest BCUT2D eigenvalue weighted by Crippen LogP contribution is -2.05. The van der Waals surface area contributed by atoms with Crippen LogP contribution in [0.15, 0.2) is 30.5 Å². The van der Waals surface area contributed by atoms with Gasteiger partial charge in [0.2, 0.25) is 0 Å². The molecule has 0 saturated carbocycles. The number of esters is 1. The van der Waals surface area contributed by atoms with Gasteiger partial charge in [0.05, 0.1) is 13.4 Å². The number of alkyl halides is 1. The maximum absolute atomic E-state index is 11.3. The summed E-state index contributed by atoms with van der Waals surface area (Å²) in [5.41, 5.74) is 1.46. The molecule has 0 aliphatic rings. The normalized spacial score (nSPS) is 11.2. The Morgan fingerprint density at radius 3 is 2.73 bits per heavy atom. The van der Waals surface area contributed by atoms with Crippen molar-refractivity contribution in [3.8, 4) is 0 Å². The third-order valence-electron chi connectivity index (χ3n) is 1.99. The predicted molar refractivity (Wildman–Crippen MR) is 58.6 cm³/mol. The van der Waals surface area contributed by atoms with E-state index in [1.165, 1.54) is 7.11 Å². The molecule has 0 fully saturated rings. The van der Waals surface area contributed by atoms with Gasteiger partial charge in [-0.25, -0.2) is 4.79 Å². The first kappa shape index (κ1) is 11.6. The van der Waals surface area contributed by atoms with Gasteiger partial charge >= 0.3 is 5.97 Å². The van der Waals surface area contributed by atoms with Crippen molar-refractivity contribution in [2.75, 3.05) is 7.11 Å². The molecule has 0 unspecified atom stereocenters. The Bertz CT molecular complexity index is 385. The Kier molecular flexibility index (Phi) is 4.18. The van der Waals surface area contributed by atoms with E-state index in [1.807, 2.05) is 6.07 Å². The average Bonchev–Trinajstić information content (AvgIpc) is 2.30. The van der Waals surface area contributed by atoms with Gasteiger partial charge in [-0.1, -0.05) is 24.3 Å². The summed E-state index contributed by atoms with van der Waals surface area (Å²) in [6, 6.07) is 7.07. The number of hydrogen-bond acceptors (Lipinski definition) is 3. The summed E-state index contributed by atoms with van der Waals surface area (Å²) < 4.78 is 4.55. The molecule has 0 spiro atoms. The molecule has 1 rings (SSSR count). The number of hydrogen-bond donors (Lipinski definition) is 1. The van der Waals surface area contributed by atoms with Crippen molar-refractivity contribution in [1.29, 1.82) is 0 Å². The van der Waals surface area contributed by atoms with Gasteiger partial charge in [-0.3, -0.25) is 0 Å². The van der Waals surface area contributed by atoms with Crippen molar-refractivity contribution in [3.05, 3.63) is 41.7 Å². The monoisotopic (exact) mass is 226 g/mol. The lowest BCUT2D eigenvalue weighted by molar-refractivity contribution is -0.133. The number of halogens is 1. The second-order valence-electron chi connectivity index (χ2n) is 2.83. The van der Waals surface area contributed by atoms with Crippen LogP contribution in [-0.2, 0) is 15.4 Å². The molecule has 0 heterocycles. The van der Waals surface area contributed by atoms with E-state index in [-0.39, 0.29) is 11.5 Å². The smallest absolute Gasteiger partial charge is 0.341 e. The molecule has 0 atom stereocenters. The van der Waals surface area contributed by atoms with Crippen LogP contribution in [0.25, 0.3) is 5.57 Å². The molecule has 1 N–H and O–H groups in total. The van der Waals surface area contributed by atoms with Gasteiger partial charge in [0.15, 0.2) is 0 Å². The van der Waals surface area contributed by atoms with Crippen LogP contribution < -0.4 is 0 Å². The minimum atomic E-state index is -0.588. The second kappa shape index (κ2) is 5.41. The fourth-order valence-corrected chi connectivity index (χ4v) is 1.47. The molecule has 0 aliphatic carbocycles. The topological polar surface area (TPSA) is 46.5 Å². The number of carbonyl (C=O) groups is 1. The molecule has 0 amide bonds. The zero-order chi connectivity index (χ0) is 11.3. The number of carbonyl (C=O) groups excluding carboxylic acids is 1. The van der Waals surface area contributed by atoms with Gasteiger partial charge < -0.3 is 9.84 Å². The fourth-order valence-electron chi connectivity index (χ4n) is 1.24. The van der Waals surface area contributed by atoms with Crippen molar-refractivity contribution in [2.45, 2.75) is 5.88 Å². The largest absolute Gasteiger partial charge is 0.515 e. The van der Waals surface area contributed by atoms with Crippen LogP contribution in [0.3, 0.4) is 0 Å². The average molecular weight is 227 g/mol. The first-order chi connectivity index (χ1) is 7.24. The number of benzene rings is 1. The fraction of sp³-hybridized carbons (Fsp3) is 0.182. The predicted octanol–water partition coefficient (Wildman–Crippen LogP) is 2.50. The van der Waals surface area contributed by atoms with Crippen LogP contribution in [0.5, 0.6) is 0 Å². The van der Waals surface area contributed by atoms with E-state index in [0.29, 0.717) is 5.56 Å². The van der Waals surface area contributed by atoms with E-state index in [9.17, 15) is 4.79 Å². The Morgan fingerprint density at radius 1 is 1.53 bits per heavy atom. The van der Waals surface area contributed by atoms with E-state index in [0.717, 1.165) is 11.8 Å². The molecule has 15 heavy (non-hydrogen) atoms. The summed E-state index contributed by atoms with van der Waals surface area (Å²) in [6.45, 7) is 0. The standard InChI is InChI=1S/C11H11ClO3/c1-15-11(14)10(7-13)9-5-3-2-4-8(9)6-12/h2-5,7,13H,6H2,1H3/b10-7+. The van der Waals surface area contributed by atoms with Crippen molar-refractivity contribution in [1.82, 2.24) is 0 Å². The first-order valence-corrected chi connectivity index (χ1v) is 4.85. The second-order valence-corrected chi connectivity index (χ2v) is 3.09. The molecular formula is C11H11ClO3. The van der Waals surface area contributed by atoms with Crippen LogP contribution in [0.4, 0.5) is 0 Å². The zero-order valence-electron chi connectivity index (χ0n) is 8.24. The Morgan fingerprint density at radius 2 is 2.20 bits per heavy atom. The lowest BCUT2D eigenvalue weighted by Gasteiger charge is -2.08. The Labute approximate surface area is 92.9 Å². The van der Waals surface area contributed by atoms with Gasteiger partial charge in [-0.15, -0.1) is 11.6 Å². The van der Waals surface area contributed by atoms with Crippen LogP contribution in [0.1, 0.15) is 11.1 Å². The summed E-state index contributed by atoms with van der Waals surface area (Å²) >= 11 is 5.72. The van der Waals surface area contributed by atoms with Crippen molar-refractivity contribution in [3.63, 3.8) is 0 Å². The highest BCUT2D eigenvalue weighted by Gasteiger charge is 2.15. The maximum Gasteiger partial charge on any atom is 0.341 e. The zero-order valence-corrected chi connectivity index (χ0v) is 8.99. The Balaban J connectivity index is 3.18. The van der Waals surface area contributed by atoms with Crippen LogP contribution in [-0.4, -0.2) is 18.2 Å². The molecular weight excluding hydrogens is 216 g/mol. The van der Waals surface area contributed by atoms with Crippen LogP contribution in [0, 0.1) is 0 Å². The summed E-state index contributed by atoms with van der Waals surface area (Å²) in [5.74, 6) is -0.320. The molecule has 4 heteroatoms. The highest BCUT2D eigenvalue weighted by molar-refractivity contribution is 6.19. The third-order valence-corrected chi connectivity index (χ3v) is 2.27. The molecule has 1 aromatic rings. The van der Waals surface area contributed by atoms with Gasteiger partial charge in [-0.2, -0.15) is 0 Å². The van der Waals surface area contributed by atoms with Gasteiger partial charge in [0.25, 0.3) is 0 Å². The minimum absolute atomic E-state index is 0.105. The third kappa shape index (κ3) is 2.50. The van der Waals surface area contributed by atoms with E-state index < -0.39 is 5.97 Å². The van der Waals surface area contributed by atoms with Crippen LogP contribution >= 0.6 is 11.6 Å². The van der Waals surface area contributed by atoms with Crippen LogP contribution in [0.2, 0.25) is 0 Å². The molecule has 0 bridgehead atoms.